The van der Waals surface area contributed by atoms with Gasteiger partial charge in [-0.25, -0.2) is 23.3 Å². The van der Waals surface area contributed by atoms with Crippen LogP contribution in [-0.4, -0.2) is 71.0 Å². The molecule has 3 aliphatic heterocycles. The number of rotatable bonds is 4. The summed E-state index contributed by atoms with van der Waals surface area (Å²) in [6.07, 6.45) is -4.94. The third-order valence-electron chi connectivity index (χ3n) is 6.90. The van der Waals surface area contributed by atoms with Gasteiger partial charge < -0.3 is 0 Å². The van der Waals surface area contributed by atoms with Gasteiger partial charge in [-0.3, -0.25) is 4.79 Å². The van der Waals surface area contributed by atoms with Gasteiger partial charge in [-0.15, -0.1) is 0 Å². The Morgan fingerprint density at radius 2 is 1.86 bits per heavy atom. The number of halogens is 4. The lowest BCUT2D eigenvalue weighted by atomic mass is 10.1. The van der Waals surface area contributed by atoms with Crippen LogP contribution in [0, 0.1) is 16.2 Å². The first-order valence-corrected chi connectivity index (χ1v) is 12.4. The van der Waals surface area contributed by atoms with Crippen LogP contribution in [0.15, 0.2) is 41.3 Å². The minimum atomic E-state index is -4.94. The summed E-state index contributed by atoms with van der Waals surface area (Å²) in [4.78, 5) is 39.5. The molecule has 3 aliphatic rings. The highest BCUT2D eigenvalue weighted by molar-refractivity contribution is 7.92. The lowest BCUT2D eigenvalue weighted by Gasteiger charge is -2.33. The van der Waals surface area contributed by atoms with Gasteiger partial charge >= 0.3 is 17.9 Å². The Morgan fingerprint density at radius 3 is 2.49 bits per heavy atom. The van der Waals surface area contributed by atoms with E-state index in [1.807, 2.05) is 0 Å². The highest BCUT2D eigenvalue weighted by atomic mass is 35.5. The molecule has 11 nitrogen and oxygen atoms in total. The van der Waals surface area contributed by atoms with Gasteiger partial charge in [-0.05, 0) is 30.3 Å². The Hall–Kier alpha value is -3.58. The molecule has 16 heteroatoms. The van der Waals surface area contributed by atoms with Gasteiger partial charge in [0.15, 0.2) is 6.04 Å². The molecule has 2 bridgehead atoms. The van der Waals surface area contributed by atoms with E-state index in [0.717, 1.165) is 30.3 Å². The standard InChI is InChI=1S/C21H15ClF3N5O6S/c22-15-4-3-13(6-16(15)29(33)34)37(35,36)18-9-27-8-17-19(31)28(20(32)30(17,18)10-27)12-2-1-11(7-26)14(5-12)21(23,24)25/h1-6,17-18H,8-10H2,(H,33,34)/q+2. The van der Waals surface area contributed by atoms with E-state index in [1.165, 1.54) is 6.07 Å². The van der Waals surface area contributed by atoms with Crippen molar-refractivity contribution in [1.82, 2.24) is 4.90 Å². The number of carbonyl (C=O) groups excluding carboxylic acids is 2. The molecular formula is C21H15ClF3N5O6S+2. The van der Waals surface area contributed by atoms with Crippen molar-refractivity contribution < 1.29 is 45.8 Å². The van der Waals surface area contributed by atoms with E-state index < -0.39 is 76.2 Å². The molecule has 0 saturated carbocycles. The van der Waals surface area contributed by atoms with Crippen LogP contribution in [0.5, 0.6) is 0 Å². The summed E-state index contributed by atoms with van der Waals surface area (Å²) in [7, 11) is -4.44. The Labute approximate surface area is 211 Å². The molecule has 1 N–H and O–H groups in total. The van der Waals surface area contributed by atoms with E-state index in [2.05, 4.69) is 0 Å². The number of hydrogen-bond donors (Lipinski definition) is 1. The summed E-state index contributed by atoms with van der Waals surface area (Å²) >= 11 is 5.83. The quantitative estimate of drug-likeness (QED) is 0.344. The number of nitrogens with zero attached hydrogens (tertiary/aromatic N) is 5. The zero-order chi connectivity index (χ0) is 27.1. The Morgan fingerprint density at radius 1 is 1.16 bits per heavy atom. The molecule has 0 aromatic heterocycles. The molecule has 4 atom stereocenters. The van der Waals surface area contributed by atoms with Crippen LogP contribution in [0.3, 0.4) is 0 Å². The number of urea groups is 1. The minimum Gasteiger partial charge on any atom is -0.267 e. The SMILES string of the molecule is N#Cc1ccc(N2C(=O)C3C[N@@]4CC(S(=O)(=O)c5ccc(Cl)c([N+](=O)O)c5)[N+]3(C4)C2=O)cc1C(F)(F)F. The molecule has 2 aromatic carbocycles. The number of nitriles is 1. The zero-order valence-electron chi connectivity index (χ0n) is 18.4. The van der Waals surface area contributed by atoms with Crippen molar-refractivity contribution in [3.8, 4) is 6.07 Å². The molecule has 3 amide bonds. The average molecular weight is 558 g/mol. The van der Waals surface area contributed by atoms with E-state index in [0.29, 0.717) is 11.0 Å². The maximum absolute atomic E-state index is 13.7. The summed E-state index contributed by atoms with van der Waals surface area (Å²) in [5.74, 6) is -0.872. The second-order valence-corrected chi connectivity index (χ2v) is 11.3. The number of quaternary nitrogens is 1. The first-order valence-electron chi connectivity index (χ1n) is 10.5. The second-order valence-electron chi connectivity index (χ2n) is 8.81. The van der Waals surface area contributed by atoms with Crippen molar-refractivity contribution in [1.29, 1.82) is 5.26 Å². The highest BCUT2D eigenvalue weighted by Gasteiger charge is 2.75. The number of anilines is 1. The van der Waals surface area contributed by atoms with Crippen LogP contribution < -0.4 is 4.90 Å². The predicted molar refractivity (Wildman–Crippen MR) is 117 cm³/mol. The normalized spacial score (nSPS) is 26.9. The van der Waals surface area contributed by atoms with E-state index >= 15 is 0 Å². The first kappa shape index (κ1) is 25.1. The van der Waals surface area contributed by atoms with Crippen molar-refractivity contribution in [2.24, 2.45) is 0 Å². The maximum Gasteiger partial charge on any atom is 0.433 e. The molecule has 3 heterocycles. The van der Waals surface area contributed by atoms with Crippen molar-refractivity contribution in [3.05, 3.63) is 57.5 Å². The lowest BCUT2D eigenvalue weighted by molar-refractivity contribution is -0.848. The summed E-state index contributed by atoms with van der Waals surface area (Å²) in [5.41, 5.74) is -3.04. The van der Waals surface area contributed by atoms with E-state index in [4.69, 9.17) is 16.9 Å². The molecule has 192 valence electrons. The third kappa shape index (κ3) is 3.44. The minimum absolute atomic E-state index is 0.00630. The topological polar surface area (TPSA) is 139 Å². The second kappa shape index (κ2) is 7.96. The summed E-state index contributed by atoms with van der Waals surface area (Å²) in [6.45, 7) is -0.330. The molecule has 5 rings (SSSR count). The van der Waals surface area contributed by atoms with Gasteiger partial charge in [0, 0.05) is 6.07 Å². The Bertz CT molecular complexity index is 1560. The largest absolute Gasteiger partial charge is 0.433 e. The molecule has 1 spiro atoms. The summed E-state index contributed by atoms with van der Waals surface area (Å²) in [6, 6.07) is 4.55. The van der Waals surface area contributed by atoms with Crippen LogP contribution in [0.2, 0.25) is 5.02 Å². The maximum atomic E-state index is 13.7. The van der Waals surface area contributed by atoms with Crippen LogP contribution in [0.1, 0.15) is 11.1 Å². The number of hydrogen-bond acceptors (Lipinski definition) is 7. The van der Waals surface area contributed by atoms with Gasteiger partial charge in [0.05, 0.1) is 45.8 Å². The van der Waals surface area contributed by atoms with Crippen LogP contribution >= 0.6 is 11.6 Å². The number of carbonyl (C=O) groups is 2. The van der Waals surface area contributed by atoms with E-state index in [1.54, 1.807) is 4.90 Å². The van der Waals surface area contributed by atoms with E-state index in [9.17, 15) is 41.3 Å². The smallest absolute Gasteiger partial charge is 0.267 e. The summed E-state index contributed by atoms with van der Waals surface area (Å²) < 4.78 is 67.0. The molecular weight excluding hydrogens is 543 g/mol. The number of amides is 3. The molecule has 0 radical (unpaired) electrons. The number of fused-ring (bicyclic) bond motifs is 1. The Kier molecular flexibility index (Phi) is 5.40. The zero-order valence-corrected chi connectivity index (χ0v) is 20.0. The summed E-state index contributed by atoms with van der Waals surface area (Å²) in [5, 5.41) is 16.5. The molecule has 37 heavy (non-hydrogen) atoms. The molecule has 3 saturated heterocycles. The van der Waals surface area contributed by atoms with Crippen molar-refractivity contribution in [2.75, 3.05) is 24.7 Å². The Balaban J connectivity index is 1.60. The number of piperazine rings is 1. The van der Waals surface area contributed by atoms with Gasteiger partial charge in [0.1, 0.15) is 11.7 Å². The fourth-order valence-electron chi connectivity index (χ4n) is 5.25. The molecule has 2 aromatic rings. The monoisotopic (exact) mass is 557 g/mol. The van der Waals surface area contributed by atoms with Gasteiger partial charge in [-0.2, -0.15) is 27.8 Å². The van der Waals surface area contributed by atoms with Gasteiger partial charge in [-0.1, -0.05) is 11.6 Å². The molecule has 3 unspecified atom stereocenters. The number of imide groups is 1. The van der Waals surface area contributed by atoms with Gasteiger partial charge in [0.2, 0.25) is 15.2 Å². The van der Waals surface area contributed by atoms with Crippen LogP contribution in [0.25, 0.3) is 0 Å². The van der Waals surface area contributed by atoms with Crippen molar-refractivity contribution in [2.45, 2.75) is 22.5 Å². The lowest BCUT2D eigenvalue weighted by Crippen LogP contribution is -2.62. The number of alkyl halides is 3. The molecule has 3 fully saturated rings. The average Bonchev–Trinajstić information content (AvgIpc) is 3.47. The van der Waals surface area contributed by atoms with Crippen molar-refractivity contribution in [3.63, 3.8) is 0 Å². The van der Waals surface area contributed by atoms with Crippen LogP contribution in [-0.2, 0) is 20.8 Å². The highest BCUT2D eigenvalue weighted by Crippen LogP contribution is 2.47. The fourth-order valence-corrected chi connectivity index (χ4v) is 7.49. The van der Waals surface area contributed by atoms with Crippen LogP contribution in [0.4, 0.5) is 29.3 Å². The number of benzene rings is 2. The fraction of sp³-hybridized carbons (Fsp3) is 0.286. The number of sulfone groups is 1. The first-order chi connectivity index (χ1) is 17.2. The van der Waals surface area contributed by atoms with E-state index in [-0.39, 0.29) is 24.8 Å². The predicted octanol–water partition coefficient (Wildman–Crippen LogP) is 2.77. The molecule has 0 aliphatic carbocycles. The third-order valence-corrected chi connectivity index (χ3v) is 9.37. The van der Waals surface area contributed by atoms with Crippen molar-refractivity contribution >= 4 is 44.8 Å². The van der Waals surface area contributed by atoms with Gasteiger partial charge in [0.25, 0.3) is 10.8 Å².